The van der Waals surface area contributed by atoms with Crippen LogP contribution in [-0.4, -0.2) is 80.9 Å². The van der Waals surface area contributed by atoms with Crippen molar-refractivity contribution >= 4 is 17.2 Å². The quantitative estimate of drug-likeness (QED) is 0.0948. The molecule has 0 amide bonds. The second-order valence-corrected chi connectivity index (χ2v) is 12.7. The third-order valence-corrected chi connectivity index (χ3v) is 7.39. The molecule has 206 valence electrons. The van der Waals surface area contributed by atoms with E-state index < -0.39 is 0 Å². The molecular formula is C26H57NO5P2. The molecule has 3 atom stereocenters. The fraction of sp³-hybridized carbons (Fsp3) is 1.00. The van der Waals surface area contributed by atoms with Gasteiger partial charge in [-0.25, -0.2) is 0 Å². The van der Waals surface area contributed by atoms with Crippen LogP contribution in [0.1, 0.15) is 87.5 Å². The number of nitrogens with two attached hydrogens (primary N) is 1. The molecule has 0 aliphatic heterocycles. The normalized spacial score (nSPS) is 14.2. The minimum atomic E-state index is -0.0980. The molecule has 2 N–H and O–H groups in total. The second kappa shape index (κ2) is 22.8. The summed E-state index contributed by atoms with van der Waals surface area (Å²) in [7, 11) is 1.70. The minimum absolute atomic E-state index is 0.0742. The first-order valence-corrected chi connectivity index (χ1v) is 16.3. The lowest BCUT2D eigenvalue weighted by Gasteiger charge is -2.24. The van der Waals surface area contributed by atoms with Crippen LogP contribution in [0.2, 0.25) is 0 Å². The van der Waals surface area contributed by atoms with Crippen molar-refractivity contribution < 1.29 is 23.7 Å². The Morgan fingerprint density at radius 2 is 1.06 bits per heavy atom. The minimum Gasteiger partial charge on any atom is -0.378 e. The number of unbranched alkanes of at least 4 members (excludes halogenated alkanes) is 1. The zero-order valence-electron chi connectivity index (χ0n) is 23.4. The van der Waals surface area contributed by atoms with Crippen molar-refractivity contribution in [3.63, 3.8) is 0 Å². The Morgan fingerprint density at radius 1 is 0.588 bits per heavy atom. The highest BCUT2D eigenvalue weighted by molar-refractivity contribution is 7.38. The maximum atomic E-state index is 6.18. The van der Waals surface area contributed by atoms with Gasteiger partial charge in [0.2, 0.25) is 0 Å². The summed E-state index contributed by atoms with van der Waals surface area (Å²) in [5, 5.41) is 0. The fourth-order valence-electron chi connectivity index (χ4n) is 3.44. The van der Waals surface area contributed by atoms with Crippen molar-refractivity contribution in [2.45, 2.75) is 131 Å². The van der Waals surface area contributed by atoms with E-state index in [0.29, 0.717) is 12.6 Å². The Bertz CT molecular complexity index is 421. The van der Waals surface area contributed by atoms with Crippen LogP contribution >= 0.6 is 17.2 Å². The van der Waals surface area contributed by atoms with Gasteiger partial charge in [0, 0.05) is 18.9 Å². The molecule has 0 saturated carbocycles. The van der Waals surface area contributed by atoms with Crippen molar-refractivity contribution in [3.8, 4) is 0 Å². The Balaban J connectivity index is 4.26. The molecule has 6 nitrogen and oxygen atoms in total. The lowest BCUT2D eigenvalue weighted by Crippen LogP contribution is -2.26. The van der Waals surface area contributed by atoms with E-state index in [2.05, 4.69) is 55.4 Å². The molecule has 0 bridgehead atoms. The number of hydrogen-bond donors (Lipinski definition) is 1. The molecule has 0 spiro atoms. The predicted molar refractivity (Wildman–Crippen MR) is 150 cm³/mol. The summed E-state index contributed by atoms with van der Waals surface area (Å²) < 4.78 is 29.9. The second-order valence-electron chi connectivity index (χ2n) is 9.93. The highest BCUT2D eigenvalue weighted by Gasteiger charge is 2.15. The van der Waals surface area contributed by atoms with Crippen LogP contribution in [0.4, 0.5) is 0 Å². The van der Waals surface area contributed by atoms with Gasteiger partial charge >= 0.3 is 0 Å². The summed E-state index contributed by atoms with van der Waals surface area (Å²) in [5.74, 6) is 0. The van der Waals surface area contributed by atoms with Crippen LogP contribution in [-0.2, 0) is 23.7 Å². The summed E-state index contributed by atoms with van der Waals surface area (Å²) in [6.45, 7) is 18.0. The average molecular weight is 526 g/mol. The van der Waals surface area contributed by atoms with Gasteiger partial charge in [0.1, 0.15) is 0 Å². The standard InChI is InChI=1S/C26H57NO5P2/c1-20(2)29-25(30-21(3)4)18-33-16-10-9-12-24(28-15-11-14-27)13-17-34-19-26(31-22(5)6)32-23(7)8/h20-26,33-34H,9-19,27H2,1-8H3. The van der Waals surface area contributed by atoms with E-state index in [0.717, 1.165) is 61.5 Å². The summed E-state index contributed by atoms with van der Waals surface area (Å²) in [5.41, 5.74) is 5.66. The lowest BCUT2D eigenvalue weighted by atomic mass is 10.1. The van der Waals surface area contributed by atoms with E-state index in [9.17, 15) is 0 Å². The molecule has 3 unspecified atom stereocenters. The molecule has 8 heteroatoms. The van der Waals surface area contributed by atoms with Crippen molar-refractivity contribution in [1.29, 1.82) is 0 Å². The molecule has 0 saturated heterocycles. The Kier molecular flexibility index (Phi) is 23.2. The summed E-state index contributed by atoms with van der Waals surface area (Å²) in [6, 6.07) is 0. The van der Waals surface area contributed by atoms with E-state index in [1.807, 2.05) is 0 Å². The fourth-order valence-corrected chi connectivity index (χ4v) is 5.73. The molecule has 0 aromatic heterocycles. The van der Waals surface area contributed by atoms with Crippen LogP contribution in [0.3, 0.4) is 0 Å². The van der Waals surface area contributed by atoms with E-state index in [1.54, 1.807) is 0 Å². The summed E-state index contributed by atoms with van der Waals surface area (Å²) in [6.07, 6.45) is 10.9. The largest absolute Gasteiger partial charge is 0.378 e. The van der Waals surface area contributed by atoms with Gasteiger partial charge in [0.15, 0.2) is 12.6 Å². The molecule has 0 aromatic rings. The SMILES string of the molecule is CC(C)OC(CPCCCCC(CCPCC(OC(C)C)OC(C)C)OCCCN)OC(C)C. The Morgan fingerprint density at radius 3 is 1.50 bits per heavy atom. The monoisotopic (exact) mass is 525 g/mol. The smallest absolute Gasteiger partial charge is 0.161 e. The highest BCUT2D eigenvalue weighted by atomic mass is 31.1. The van der Waals surface area contributed by atoms with Crippen LogP contribution in [0.15, 0.2) is 0 Å². The van der Waals surface area contributed by atoms with E-state index in [4.69, 9.17) is 29.4 Å². The van der Waals surface area contributed by atoms with Crippen LogP contribution < -0.4 is 5.73 Å². The molecule has 0 rings (SSSR count). The molecule has 0 heterocycles. The van der Waals surface area contributed by atoms with Gasteiger partial charge in [-0.05, 0) is 99.9 Å². The van der Waals surface area contributed by atoms with Crippen molar-refractivity contribution in [2.24, 2.45) is 5.73 Å². The maximum absolute atomic E-state index is 6.18. The van der Waals surface area contributed by atoms with Crippen LogP contribution in [0.25, 0.3) is 0 Å². The maximum Gasteiger partial charge on any atom is 0.161 e. The molecule has 0 fully saturated rings. The van der Waals surface area contributed by atoms with Gasteiger partial charge in [-0.2, -0.15) is 0 Å². The number of rotatable bonds is 24. The third-order valence-electron chi connectivity index (χ3n) is 4.79. The van der Waals surface area contributed by atoms with Gasteiger partial charge in [-0.1, -0.05) is 6.42 Å². The van der Waals surface area contributed by atoms with Crippen LogP contribution in [0.5, 0.6) is 0 Å². The summed E-state index contributed by atoms with van der Waals surface area (Å²) in [4.78, 5) is 0. The van der Waals surface area contributed by atoms with Gasteiger partial charge in [-0.15, -0.1) is 17.2 Å². The van der Waals surface area contributed by atoms with Crippen molar-refractivity contribution in [1.82, 2.24) is 0 Å². The first-order chi connectivity index (χ1) is 16.1. The first-order valence-electron chi connectivity index (χ1n) is 13.5. The summed E-state index contributed by atoms with van der Waals surface area (Å²) >= 11 is 0. The molecule has 0 aromatic carbocycles. The number of hydrogen-bond acceptors (Lipinski definition) is 6. The Labute approximate surface area is 215 Å². The topological polar surface area (TPSA) is 72.2 Å². The molecular weight excluding hydrogens is 468 g/mol. The zero-order valence-corrected chi connectivity index (χ0v) is 25.4. The van der Waals surface area contributed by atoms with Crippen molar-refractivity contribution in [2.75, 3.05) is 37.8 Å². The van der Waals surface area contributed by atoms with E-state index in [1.165, 1.54) is 19.0 Å². The van der Waals surface area contributed by atoms with Crippen LogP contribution in [0, 0.1) is 0 Å². The zero-order chi connectivity index (χ0) is 25.8. The van der Waals surface area contributed by atoms with Crippen molar-refractivity contribution in [3.05, 3.63) is 0 Å². The molecule has 0 aliphatic carbocycles. The van der Waals surface area contributed by atoms with E-state index in [-0.39, 0.29) is 37.0 Å². The van der Waals surface area contributed by atoms with Gasteiger partial charge < -0.3 is 29.4 Å². The highest BCUT2D eigenvalue weighted by Crippen LogP contribution is 2.23. The average Bonchev–Trinajstić information content (AvgIpc) is 2.71. The van der Waals surface area contributed by atoms with Gasteiger partial charge in [0.05, 0.1) is 30.5 Å². The lowest BCUT2D eigenvalue weighted by molar-refractivity contribution is -0.167. The third kappa shape index (κ3) is 23.0. The molecule has 34 heavy (non-hydrogen) atoms. The van der Waals surface area contributed by atoms with Gasteiger partial charge in [-0.3, -0.25) is 0 Å². The predicted octanol–water partition coefficient (Wildman–Crippen LogP) is 5.99. The molecule has 0 radical (unpaired) electrons. The van der Waals surface area contributed by atoms with E-state index >= 15 is 0 Å². The van der Waals surface area contributed by atoms with Gasteiger partial charge in [0.25, 0.3) is 0 Å². The first kappa shape index (κ1) is 34.6. The molecule has 0 aliphatic rings. The Hall–Kier alpha value is 0.620. The number of ether oxygens (including phenoxy) is 5.